The fourth-order valence-corrected chi connectivity index (χ4v) is 3.47. The molecule has 28 heavy (non-hydrogen) atoms. The van der Waals surface area contributed by atoms with Crippen molar-refractivity contribution in [3.8, 4) is 0 Å². The summed E-state index contributed by atoms with van der Waals surface area (Å²) in [6, 6.07) is 16.8. The second kappa shape index (κ2) is 8.69. The van der Waals surface area contributed by atoms with Gasteiger partial charge >= 0.3 is 0 Å². The Bertz CT molecular complexity index is 903. The van der Waals surface area contributed by atoms with Gasteiger partial charge in [0.15, 0.2) is 5.82 Å². The van der Waals surface area contributed by atoms with E-state index in [9.17, 15) is 0 Å². The van der Waals surface area contributed by atoms with Crippen LogP contribution in [0.1, 0.15) is 30.4 Å². The predicted octanol–water partition coefficient (Wildman–Crippen LogP) is 4.53. The highest BCUT2D eigenvalue weighted by atomic mass is 15.3. The van der Waals surface area contributed by atoms with Gasteiger partial charge in [0.25, 0.3) is 0 Å². The van der Waals surface area contributed by atoms with Crippen molar-refractivity contribution in [1.82, 2.24) is 15.2 Å². The lowest BCUT2D eigenvalue weighted by atomic mass is 10.1. The number of aryl methyl sites for hydroxylation is 1. The lowest BCUT2D eigenvalue weighted by molar-refractivity contribution is 0.578. The molecular formula is C22H26N6. The molecule has 1 aliphatic heterocycles. The van der Waals surface area contributed by atoms with Gasteiger partial charge in [0.1, 0.15) is 0 Å². The SMILES string of the molecule is Cc1ccccc1CNc1cnnc(Nc2ccc(N3CCCCC3)cc2)n1. The zero-order valence-corrected chi connectivity index (χ0v) is 16.2. The summed E-state index contributed by atoms with van der Waals surface area (Å²) in [7, 11) is 0. The van der Waals surface area contributed by atoms with Crippen LogP contribution in [-0.2, 0) is 6.54 Å². The van der Waals surface area contributed by atoms with Crippen LogP contribution in [0.3, 0.4) is 0 Å². The zero-order valence-electron chi connectivity index (χ0n) is 16.2. The molecule has 4 rings (SSSR count). The predicted molar refractivity (Wildman–Crippen MR) is 114 cm³/mol. The average molecular weight is 374 g/mol. The number of hydrogen-bond donors (Lipinski definition) is 2. The number of piperidine rings is 1. The molecule has 2 N–H and O–H groups in total. The monoisotopic (exact) mass is 374 g/mol. The van der Waals surface area contributed by atoms with E-state index in [0.717, 1.165) is 18.8 Å². The van der Waals surface area contributed by atoms with Gasteiger partial charge in [0.05, 0.1) is 6.20 Å². The summed E-state index contributed by atoms with van der Waals surface area (Å²) >= 11 is 0. The van der Waals surface area contributed by atoms with Gasteiger partial charge in [-0.2, -0.15) is 10.1 Å². The van der Waals surface area contributed by atoms with E-state index in [4.69, 9.17) is 0 Å². The molecule has 1 aliphatic rings. The molecule has 0 unspecified atom stereocenters. The van der Waals surface area contributed by atoms with Crippen molar-refractivity contribution in [3.63, 3.8) is 0 Å². The fraction of sp³-hybridized carbons (Fsp3) is 0.318. The van der Waals surface area contributed by atoms with E-state index in [-0.39, 0.29) is 0 Å². The summed E-state index contributed by atoms with van der Waals surface area (Å²) in [4.78, 5) is 6.96. The molecule has 0 amide bonds. The molecule has 144 valence electrons. The normalized spacial score (nSPS) is 14.0. The standard InChI is InChI=1S/C22H26N6/c1-17-7-3-4-8-18(17)15-23-21-16-24-27-22(26-21)25-19-9-11-20(12-10-19)28-13-5-2-6-14-28/h3-4,7-12,16H,2,5-6,13-15H2,1H3,(H2,23,25,26,27). The zero-order chi connectivity index (χ0) is 19.2. The van der Waals surface area contributed by atoms with Gasteiger partial charge in [-0.25, -0.2) is 0 Å². The first-order valence-corrected chi connectivity index (χ1v) is 9.88. The topological polar surface area (TPSA) is 66.0 Å². The van der Waals surface area contributed by atoms with Crippen molar-refractivity contribution in [2.45, 2.75) is 32.7 Å². The Morgan fingerprint density at radius 1 is 0.964 bits per heavy atom. The molecule has 2 heterocycles. The summed E-state index contributed by atoms with van der Waals surface area (Å²) in [5.74, 6) is 1.19. The average Bonchev–Trinajstić information content (AvgIpc) is 2.75. The van der Waals surface area contributed by atoms with Crippen LogP contribution in [0, 0.1) is 6.92 Å². The van der Waals surface area contributed by atoms with Crippen molar-refractivity contribution in [3.05, 3.63) is 65.9 Å². The molecule has 0 spiro atoms. The molecule has 3 aromatic rings. The Hall–Kier alpha value is -3.15. The number of benzene rings is 2. The second-order valence-electron chi connectivity index (χ2n) is 7.16. The Morgan fingerprint density at radius 3 is 2.54 bits per heavy atom. The van der Waals surface area contributed by atoms with Crippen LogP contribution in [0.15, 0.2) is 54.7 Å². The first-order chi connectivity index (χ1) is 13.8. The Kier molecular flexibility index (Phi) is 5.66. The van der Waals surface area contributed by atoms with Crippen LogP contribution in [0.25, 0.3) is 0 Å². The van der Waals surface area contributed by atoms with Crippen LogP contribution >= 0.6 is 0 Å². The number of rotatable bonds is 6. The van der Waals surface area contributed by atoms with Crippen molar-refractivity contribution in [2.75, 3.05) is 28.6 Å². The van der Waals surface area contributed by atoms with Gasteiger partial charge < -0.3 is 15.5 Å². The summed E-state index contributed by atoms with van der Waals surface area (Å²) in [6.45, 7) is 5.11. The van der Waals surface area contributed by atoms with Crippen LogP contribution in [0.2, 0.25) is 0 Å². The third-order valence-corrected chi connectivity index (χ3v) is 5.12. The minimum atomic E-state index is 0.487. The quantitative estimate of drug-likeness (QED) is 0.661. The maximum Gasteiger partial charge on any atom is 0.249 e. The molecule has 0 bridgehead atoms. The van der Waals surface area contributed by atoms with E-state index in [1.165, 1.54) is 36.1 Å². The van der Waals surface area contributed by atoms with Crippen molar-refractivity contribution < 1.29 is 0 Å². The molecule has 1 aromatic heterocycles. The number of hydrogen-bond acceptors (Lipinski definition) is 6. The molecule has 2 aromatic carbocycles. The Labute approximate surface area is 166 Å². The van der Waals surface area contributed by atoms with Crippen LogP contribution < -0.4 is 15.5 Å². The van der Waals surface area contributed by atoms with Gasteiger partial charge in [0, 0.05) is 31.0 Å². The van der Waals surface area contributed by atoms with Gasteiger partial charge in [-0.15, -0.1) is 5.10 Å². The number of aromatic nitrogens is 3. The molecule has 6 heteroatoms. The van der Waals surface area contributed by atoms with Crippen molar-refractivity contribution >= 4 is 23.1 Å². The third-order valence-electron chi connectivity index (χ3n) is 5.12. The van der Waals surface area contributed by atoms with Crippen molar-refractivity contribution in [2.24, 2.45) is 0 Å². The van der Waals surface area contributed by atoms with E-state index >= 15 is 0 Å². The highest BCUT2D eigenvalue weighted by Gasteiger charge is 2.10. The highest BCUT2D eigenvalue weighted by Crippen LogP contribution is 2.23. The smallest absolute Gasteiger partial charge is 0.249 e. The summed E-state index contributed by atoms with van der Waals surface area (Å²) in [5, 5.41) is 14.7. The first-order valence-electron chi connectivity index (χ1n) is 9.88. The van der Waals surface area contributed by atoms with E-state index in [1.54, 1.807) is 6.20 Å². The number of nitrogens with zero attached hydrogens (tertiary/aromatic N) is 4. The third kappa shape index (κ3) is 4.57. The maximum atomic E-state index is 4.52. The molecule has 0 aliphatic carbocycles. The fourth-order valence-electron chi connectivity index (χ4n) is 3.47. The lowest BCUT2D eigenvalue weighted by Crippen LogP contribution is -2.29. The molecular weight excluding hydrogens is 348 g/mol. The van der Waals surface area contributed by atoms with Crippen LogP contribution in [0.5, 0.6) is 0 Å². The summed E-state index contributed by atoms with van der Waals surface area (Å²) < 4.78 is 0. The van der Waals surface area contributed by atoms with Gasteiger partial charge in [-0.3, -0.25) is 0 Å². The van der Waals surface area contributed by atoms with Gasteiger partial charge in [-0.1, -0.05) is 24.3 Å². The maximum absolute atomic E-state index is 4.52. The van der Waals surface area contributed by atoms with Crippen LogP contribution in [0.4, 0.5) is 23.1 Å². The summed E-state index contributed by atoms with van der Waals surface area (Å²) in [6.07, 6.45) is 5.54. The lowest BCUT2D eigenvalue weighted by Gasteiger charge is -2.28. The molecule has 6 nitrogen and oxygen atoms in total. The molecule has 0 radical (unpaired) electrons. The van der Waals surface area contributed by atoms with Crippen LogP contribution in [-0.4, -0.2) is 28.3 Å². The minimum Gasteiger partial charge on any atom is -0.372 e. The largest absolute Gasteiger partial charge is 0.372 e. The Morgan fingerprint density at radius 2 is 1.75 bits per heavy atom. The number of nitrogens with one attached hydrogen (secondary N) is 2. The van der Waals surface area contributed by atoms with Gasteiger partial charge in [-0.05, 0) is 61.6 Å². The van der Waals surface area contributed by atoms with E-state index in [2.05, 4.69) is 74.0 Å². The van der Waals surface area contributed by atoms with E-state index < -0.39 is 0 Å². The molecule has 1 fully saturated rings. The van der Waals surface area contributed by atoms with Crippen molar-refractivity contribution in [1.29, 1.82) is 0 Å². The number of anilines is 4. The van der Waals surface area contributed by atoms with E-state index in [1.807, 2.05) is 12.1 Å². The highest BCUT2D eigenvalue weighted by molar-refractivity contribution is 5.59. The first kappa shape index (κ1) is 18.2. The Balaban J connectivity index is 1.38. The summed E-state index contributed by atoms with van der Waals surface area (Å²) in [5.41, 5.74) is 4.73. The molecule has 0 saturated carbocycles. The van der Waals surface area contributed by atoms with Gasteiger partial charge in [0.2, 0.25) is 5.95 Å². The second-order valence-corrected chi connectivity index (χ2v) is 7.16. The molecule has 1 saturated heterocycles. The minimum absolute atomic E-state index is 0.487. The molecule has 0 atom stereocenters. The van der Waals surface area contributed by atoms with E-state index in [0.29, 0.717) is 18.3 Å².